The molecule has 2 aromatic carbocycles. The third-order valence-electron chi connectivity index (χ3n) is 3.87. The van der Waals surface area contributed by atoms with Gasteiger partial charge in [-0.05, 0) is 12.1 Å². The first-order chi connectivity index (χ1) is 13.1. The molecule has 134 valence electrons. The van der Waals surface area contributed by atoms with Crippen LogP contribution in [0.1, 0.15) is 10.5 Å². The summed E-state index contributed by atoms with van der Waals surface area (Å²) in [5.41, 5.74) is 1.27. The fraction of sp³-hybridized carbons (Fsp3) is 0.0588. The van der Waals surface area contributed by atoms with Crippen LogP contribution in [0.4, 0.5) is 5.69 Å². The monoisotopic (exact) mass is 400 g/mol. The van der Waals surface area contributed by atoms with E-state index in [4.69, 9.17) is 23.2 Å². The van der Waals surface area contributed by atoms with Gasteiger partial charge in [0.2, 0.25) is 5.82 Å². The van der Waals surface area contributed by atoms with Crippen LogP contribution < -0.4 is 0 Å². The highest BCUT2D eigenvalue weighted by Crippen LogP contribution is 2.36. The number of aromatic nitrogens is 5. The quantitative estimate of drug-likeness (QED) is 0.288. The van der Waals surface area contributed by atoms with Crippen LogP contribution >= 0.6 is 23.2 Å². The van der Waals surface area contributed by atoms with Crippen LogP contribution in [-0.4, -0.2) is 29.9 Å². The Bertz CT molecular complexity index is 1150. The van der Waals surface area contributed by atoms with Crippen molar-refractivity contribution in [1.82, 2.24) is 25.0 Å². The predicted octanol–water partition coefficient (Wildman–Crippen LogP) is 4.26. The van der Waals surface area contributed by atoms with Gasteiger partial charge in [-0.1, -0.05) is 70.9 Å². The maximum atomic E-state index is 11.8. The molecule has 0 fully saturated rings. The molecule has 4 aromatic rings. The number of alkyl halides is 2. The van der Waals surface area contributed by atoms with E-state index in [1.54, 1.807) is 36.4 Å². The molecule has 0 aliphatic heterocycles. The van der Waals surface area contributed by atoms with Crippen LogP contribution in [0.25, 0.3) is 28.2 Å². The molecule has 0 aliphatic rings. The molecule has 4 rings (SSSR count). The Balaban J connectivity index is 2.07. The summed E-state index contributed by atoms with van der Waals surface area (Å²) in [5, 5.41) is 19.8. The van der Waals surface area contributed by atoms with Crippen molar-refractivity contribution < 1.29 is 4.92 Å². The number of hydrogen-bond acceptors (Lipinski definition) is 6. The van der Waals surface area contributed by atoms with Gasteiger partial charge in [0.25, 0.3) is 0 Å². The van der Waals surface area contributed by atoms with Gasteiger partial charge in [-0.25, -0.2) is 9.97 Å². The van der Waals surface area contributed by atoms with Crippen LogP contribution in [0.3, 0.4) is 0 Å². The van der Waals surface area contributed by atoms with Crippen LogP contribution in [0.5, 0.6) is 0 Å². The van der Waals surface area contributed by atoms with Crippen molar-refractivity contribution >= 4 is 39.9 Å². The molecule has 8 nitrogen and oxygen atoms in total. The second kappa shape index (κ2) is 6.90. The zero-order valence-electron chi connectivity index (χ0n) is 13.5. The van der Waals surface area contributed by atoms with Crippen LogP contribution in [0.2, 0.25) is 0 Å². The zero-order valence-corrected chi connectivity index (χ0v) is 15.0. The van der Waals surface area contributed by atoms with Crippen LogP contribution in [0.15, 0.2) is 54.6 Å². The molecule has 2 aromatic heterocycles. The molecule has 0 bridgehead atoms. The van der Waals surface area contributed by atoms with E-state index in [2.05, 4.69) is 20.3 Å². The first-order valence-electron chi connectivity index (χ1n) is 7.77. The summed E-state index contributed by atoms with van der Waals surface area (Å²) in [6.45, 7) is 0. The Morgan fingerprint density at radius 3 is 2.41 bits per heavy atom. The van der Waals surface area contributed by atoms with E-state index in [-0.39, 0.29) is 17.3 Å². The highest BCUT2D eigenvalue weighted by atomic mass is 35.5. The van der Waals surface area contributed by atoms with Gasteiger partial charge in [0.15, 0.2) is 16.4 Å². The first kappa shape index (κ1) is 17.3. The van der Waals surface area contributed by atoms with Crippen molar-refractivity contribution in [3.63, 3.8) is 0 Å². The van der Waals surface area contributed by atoms with Crippen molar-refractivity contribution in [2.45, 2.75) is 4.84 Å². The third-order valence-corrected chi connectivity index (χ3v) is 4.28. The van der Waals surface area contributed by atoms with Crippen molar-refractivity contribution in [1.29, 1.82) is 0 Å². The molecular weight excluding hydrogens is 391 g/mol. The van der Waals surface area contributed by atoms with E-state index in [1.165, 1.54) is 4.68 Å². The highest BCUT2D eigenvalue weighted by Gasteiger charge is 2.31. The van der Waals surface area contributed by atoms with Crippen molar-refractivity contribution in [3.8, 4) is 17.2 Å². The van der Waals surface area contributed by atoms with E-state index >= 15 is 0 Å². The number of nitrogens with zero attached hydrogens (tertiary/aromatic N) is 6. The molecule has 0 aliphatic carbocycles. The Hall–Kier alpha value is -3.10. The zero-order chi connectivity index (χ0) is 19.0. The molecular formula is C17H10Cl2N6O2. The van der Waals surface area contributed by atoms with E-state index < -0.39 is 15.4 Å². The normalized spacial score (nSPS) is 11.2. The van der Waals surface area contributed by atoms with Crippen molar-refractivity contribution in [2.24, 2.45) is 0 Å². The Morgan fingerprint density at radius 2 is 1.70 bits per heavy atom. The minimum atomic E-state index is -1.22. The Labute approximate surface area is 162 Å². The lowest BCUT2D eigenvalue weighted by atomic mass is 10.2. The standard InChI is InChI=1S/C17H10Cl2N6O2/c18-15(19)13-14(25(26)27)17(21-16(20-13)10-6-2-1-3-7-10)24-12-9-5-4-8-11(12)22-23-24/h1-9,15H. The second-order valence-corrected chi connectivity index (χ2v) is 6.61. The summed E-state index contributed by atoms with van der Waals surface area (Å²) < 4.78 is 1.29. The summed E-state index contributed by atoms with van der Waals surface area (Å²) in [5.74, 6) is 0.195. The fourth-order valence-electron chi connectivity index (χ4n) is 2.68. The Morgan fingerprint density at radius 1 is 1.00 bits per heavy atom. The smallest absolute Gasteiger partial charge is 0.258 e. The molecule has 27 heavy (non-hydrogen) atoms. The third kappa shape index (κ3) is 3.09. The summed E-state index contributed by atoms with van der Waals surface area (Å²) >= 11 is 12.0. The molecule has 0 atom stereocenters. The molecule has 0 saturated carbocycles. The molecule has 0 N–H and O–H groups in total. The molecule has 2 heterocycles. The average Bonchev–Trinajstić information content (AvgIpc) is 3.11. The summed E-state index contributed by atoms with van der Waals surface area (Å²) in [6.07, 6.45) is 0. The molecule has 10 heteroatoms. The SMILES string of the molecule is O=[N+]([O-])c1c(C(Cl)Cl)nc(-c2ccccc2)nc1-n1nnc2ccccc21. The number of rotatable bonds is 4. The fourth-order valence-corrected chi connectivity index (χ4v) is 2.98. The van der Waals surface area contributed by atoms with Gasteiger partial charge in [0.1, 0.15) is 5.52 Å². The lowest BCUT2D eigenvalue weighted by molar-refractivity contribution is -0.385. The number of benzene rings is 2. The number of hydrogen-bond donors (Lipinski definition) is 0. The lowest BCUT2D eigenvalue weighted by Crippen LogP contribution is -2.11. The van der Waals surface area contributed by atoms with E-state index in [9.17, 15) is 10.1 Å². The number of halogens is 2. The van der Waals surface area contributed by atoms with Crippen molar-refractivity contribution in [3.05, 3.63) is 70.4 Å². The molecule has 0 unspecified atom stereocenters. The van der Waals surface area contributed by atoms with Gasteiger partial charge < -0.3 is 0 Å². The molecule has 0 saturated heterocycles. The summed E-state index contributed by atoms with van der Waals surface area (Å²) in [4.78, 5) is 18.6. The largest absolute Gasteiger partial charge is 0.337 e. The van der Waals surface area contributed by atoms with Crippen LogP contribution in [-0.2, 0) is 0 Å². The van der Waals surface area contributed by atoms with Gasteiger partial charge in [-0.15, -0.1) is 5.10 Å². The van der Waals surface area contributed by atoms with Gasteiger partial charge in [0, 0.05) is 5.56 Å². The molecule has 0 spiro atoms. The maximum absolute atomic E-state index is 11.8. The number of para-hydroxylation sites is 1. The van der Waals surface area contributed by atoms with Crippen LogP contribution in [0, 0.1) is 10.1 Å². The Kier molecular flexibility index (Phi) is 4.43. The van der Waals surface area contributed by atoms with E-state index in [0.29, 0.717) is 16.6 Å². The van der Waals surface area contributed by atoms with Gasteiger partial charge in [0.05, 0.1) is 10.4 Å². The molecule has 0 amide bonds. The highest BCUT2D eigenvalue weighted by molar-refractivity contribution is 6.44. The maximum Gasteiger partial charge on any atom is 0.337 e. The summed E-state index contributed by atoms with van der Waals surface area (Å²) in [6, 6.07) is 16.1. The number of fused-ring (bicyclic) bond motifs is 1. The minimum absolute atomic E-state index is 0.0520. The van der Waals surface area contributed by atoms with Crippen molar-refractivity contribution in [2.75, 3.05) is 0 Å². The van der Waals surface area contributed by atoms with E-state index in [1.807, 2.05) is 18.2 Å². The number of nitro groups is 1. The van der Waals surface area contributed by atoms with Gasteiger partial charge >= 0.3 is 5.69 Å². The van der Waals surface area contributed by atoms with Gasteiger partial charge in [-0.2, -0.15) is 4.68 Å². The second-order valence-electron chi connectivity index (χ2n) is 5.52. The first-order valence-corrected chi connectivity index (χ1v) is 8.64. The molecule has 0 radical (unpaired) electrons. The topological polar surface area (TPSA) is 99.6 Å². The van der Waals surface area contributed by atoms with Gasteiger partial charge in [-0.3, -0.25) is 10.1 Å². The summed E-state index contributed by atoms with van der Waals surface area (Å²) in [7, 11) is 0. The lowest BCUT2D eigenvalue weighted by Gasteiger charge is -2.10. The minimum Gasteiger partial charge on any atom is -0.258 e. The average molecular weight is 401 g/mol. The predicted molar refractivity (Wildman–Crippen MR) is 101 cm³/mol. The van der Waals surface area contributed by atoms with E-state index in [0.717, 1.165) is 0 Å².